The molecule has 1 aliphatic carbocycles. The number of nitrogens with two attached hydrogens (primary N) is 1. The number of nitrogen functional groups attached to an aromatic ring is 1. The summed E-state index contributed by atoms with van der Waals surface area (Å²) >= 11 is 0. The number of imidazole rings is 1. The molecule has 234 valence electrons. The standard InChI is InChI=1S/C31H41N7O3.2ClH/c1-2-41-30(40)31(14-18-37(19-15-31)24-11-16-34-17-12-24)13-10-27-36-25-20-22(29(32)33)8-9-26(25)38(27)21-28(39)35-23-6-4-3-5-7-23;;/h8-9,11-12,16-17,20,23H,2-7,10,13-15,18-19,21H2,1H3,(H3,32,33)(H,35,39);2*1H. The molecule has 10 nitrogen and oxygen atoms in total. The third kappa shape index (κ3) is 7.97. The van der Waals surface area contributed by atoms with Crippen LogP contribution < -0.4 is 16.0 Å². The number of esters is 1. The van der Waals surface area contributed by atoms with Gasteiger partial charge in [0.05, 0.1) is 23.1 Å². The van der Waals surface area contributed by atoms with Crippen LogP contribution in [0.2, 0.25) is 0 Å². The van der Waals surface area contributed by atoms with Gasteiger partial charge in [-0.1, -0.05) is 19.3 Å². The van der Waals surface area contributed by atoms with Gasteiger partial charge in [0, 0.05) is 49.2 Å². The predicted octanol–water partition coefficient (Wildman–Crippen LogP) is 4.79. The van der Waals surface area contributed by atoms with Crippen molar-refractivity contribution in [1.82, 2.24) is 19.9 Å². The average molecular weight is 633 g/mol. The summed E-state index contributed by atoms with van der Waals surface area (Å²) in [5, 5.41) is 11.1. The number of amides is 1. The number of halogens is 2. The molecule has 5 rings (SSSR count). The molecular formula is C31H43Cl2N7O3. The molecule has 0 atom stereocenters. The van der Waals surface area contributed by atoms with Crippen LogP contribution in [0.3, 0.4) is 0 Å². The Hall–Kier alpha value is -3.37. The Labute approximate surface area is 265 Å². The van der Waals surface area contributed by atoms with Crippen LogP contribution in [0.5, 0.6) is 0 Å². The normalized spacial score (nSPS) is 16.5. The van der Waals surface area contributed by atoms with Crippen molar-refractivity contribution >= 4 is 59.2 Å². The van der Waals surface area contributed by atoms with E-state index in [1.54, 1.807) is 24.5 Å². The Morgan fingerprint density at radius 2 is 1.79 bits per heavy atom. The lowest BCUT2D eigenvalue weighted by molar-refractivity contribution is -0.157. The molecule has 3 aromatic rings. The first kappa shape index (κ1) is 34.1. The van der Waals surface area contributed by atoms with Crippen LogP contribution in [0.1, 0.15) is 69.7 Å². The lowest BCUT2D eigenvalue weighted by atomic mass is 9.74. The molecule has 12 heteroatoms. The number of fused-ring (bicyclic) bond motifs is 1. The highest BCUT2D eigenvalue weighted by atomic mass is 35.5. The molecule has 2 aliphatic rings. The lowest BCUT2D eigenvalue weighted by Gasteiger charge is -2.41. The maximum Gasteiger partial charge on any atom is 0.312 e. The zero-order valence-corrected chi connectivity index (χ0v) is 26.4. The molecule has 0 bridgehead atoms. The number of aryl methyl sites for hydroxylation is 1. The number of hydrogen-bond acceptors (Lipinski definition) is 7. The van der Waals surface area contributed by atoms with Crippen molar-refractivity contribution in [1.29, 1.82) is 5.41 Å². The number of pyridine rings is 1. The fraction of sp³-hybridized carbons (Fsp3) is 0.516. The Balaban J connectivity index is 0.00000253. The maximum atomic E-state index is 13.4. The number of carbonyl (C=O) groups excluding carboxylic acids is 2. The van der Waals surface area contributed by atoms with Gasteiger partial charge in [0.15, 0.2) is 0 Å². The molecular weight excluding hydrogens is 589 g/mol. The summed E-state index contributed by atoms with van der Waals surface area (Å²) in [7, 11) is 0. The Morgan fingerprint density at radius 3 is 2.44 bits per heavy atom. The minimum atomic E-state index is -0.628. The molecule has 43 heavy (non-hydrogen) atoms. The Kier molecular flexibility index (Phi) is 12.2. The number of hydrogen-bond donors (Lipinski definition) is 3. The molecule has 1 aromatic carbocycles. The van der Waals surface area contributed by atoms with Gasteiger partial charge in [-0.3, -0.25) is 20.0 Å². The second-order valence-corrected chi connectivity index (χ2v) is 11.3. The number of ether oxygens (including phenoxy) is 1. The number of benzene rings is 1. The van der Waals surface area contributed by atoms with Crippen molar-refractivity contribution in [3.8, 4) is 0 Å². The van der Waals surface area contributed by atoms with Crippen molar-refractivity contribution < 1.29 is 14.3 Å². The third-order valence-corrected chi connectivity index (χ3v) is 8.69. The van der Waals surface area contributed by atoms with Crippen LogP contribution in [-0.2, 0) is 27.3 Å². The second kappa shape index (κ2) is 15.4. The van der Waals surface area contributed by atoms with Crippen molar-refractivity contribution in [2.24, 2.45) is 11.1 Å². The van der Waals surface area contributed by atoms with Crippen molar-refractivity contribution in [2.45, 2.75) is 77.3 Å². The van der Waals surface area contributed by atoms with Gasteiger partial charge in [0.25, 0.3) is 0 Å². The van der Waals surface area contributed by atoms with Gasteiger partial charge in [0.2, 0.25) is 5.91 Å². The number of carbonyl (C=O) groups is 2. The van der Waals surface area contributed by atoms with Gasteiger partial charge in [-0.05, 0) is 69.4 Å². The molecule has 1 amide bonds. The highest BCUT2D eigenvalue weighted by Crippen LogP contribution is 2.39. The molecule has 1 aliphatic heterocycles. The molecule has 1 saturated heterocycles. The average Bonchev–Trinajstić information content (AvgIpc) is 3.33. The molecule has 0 radical (unpaired) electrons. The summed E-state index contributed by atoms with van der Waals surface area (Å²) in [5.74, 6) is 0.532. The van der Waals surface area contributed by atoms with Crippen LogP contribution in [0.4, 0.5) is 5.69 Å². The van der Waals surface area contributed by atoms with Crippen LogP contribution in [0, 0.1) is 10.8 Å². The number of aromatic nitrogens is 3. The molecule has 3 heterocycles. The minimum absolute atomic E-state index is 0. The van der Waals surface area contributed by atoms with Crippen LogP contribution in [-0.4, -0.2) is 58.0 Å². The molecule has 1 saturated carbocycles. The van der Waals surface area contributed by atoms with E-state index in [-0.39, 0.29) is 55.1 Å². The van der Waals surface area contributed by atoms with E-state index in [9.17, 15) is 9.59 Å². The summed E-state index contributed by atoms with van der Waals surface area (Å²) in [6.07, 6.45) is 11.6. The van der Waals surface area contributed by atoms with Gasteiger partial charge in [-0.25, -0.2) is 4.98 Å². The molecule has 2 aromatic heterocycles. The first-order valence-electron chi connectivity index (χ1n) is 14.8. The largest absolute Gasteiger partial charge is 0.466 e. The smallest absolute Gasteiger partial charge is 0.312 e. The molecule has 0 spiro atoms. The first-order valence-corrected chi connectivity index (χ1v) is 14.8. The van der Waals surface area contributed by atoms with Crippen LogP contribution in [0.15, 0.2) is 42.7 Å². The summed E-state index contributed by atoms with van der Waals surface area (Å²) < 4.78 is 7.56. The number of piperidine rings is 1. The zero-order valence-electron chi connectivity index (χ0n) is 24.7. The van der Waals surface area contributed by atoms with Crippen molar-refractivity contribution in [3.63, 3.8) is 0 Å². The molecule has 2 fully saturated rings. The van der Waals surface area contributed by atoms with E-state index in [1.165, 1.54) is 6.42 Å². The highest BCUT2D eigenvalue weighted by Gasteiger charge is 2.42. The summed E-state index contributed by atoms with van der Waals surface area (Å²) in [5.41, 5.74) is 8.32. The fourth-order valence-corrected chi connectivity index (χ4v) is 6.32. The Bertz CT molecular complexity index is 1380. The SMILES string of the molecule is CCOC(=O)C1(CCc2nc3cc(C(=N)N)ccc3n2CC(=O)NC2CCCCC2)CCN(c2ccncc2)CC1.Cl.Cl. The predicted molar refractivity (Wildman–Crippen MR) is 173 cm³/mol. The van der Waals surface area contributed by atoms with Crippen LogP contribution >= 0.6 is 24.8 Å². The van der Waals surface area contributed by atoms with Crippen molar-refractivity contribution in [2.75, 3.05) is 24.6 Å². The second-order valence-electron chi connectivity index (χ2n) is 11.3. The van der Waals surface area contributed by atoms with Gasteiger partial charge in [-0.15, -0.1) is 24.8 Å². The van der Waals surface area contributed by atoms with E-state index in [4.69, 9.17) is 20.9 Å². The molecule has 0 unspecified atom stereocenters. The van der Waals surface area contributed by atoms with E-state index >= 15 is 0 Å². The number of anilines is 1. The maximum absolute atomic E-state index is 13.4. The zero-order chi connectivity index (χ0) is 28.8. The quantitative estimate of drug-likeness (QED) is 0.166. The summed E-state index contributed by atoms with van der Waals surface area (Å²) in [6.45, 7) is 3.82. The van der Waals surface area contributed by atoms with Gasteiger partial charge < -0.3 is 25.3 Å². The molecule has 4 N–H and O–H groups in total. The number of nitrogens with one attached hydrogen (secondary N) is 2. The van der Waals surface area contributed by atoms with Gasteiger partial charge >= 0.3 is 5.97 Å². The highest BCUT2D eigenvalue weighted by molar-refractivity contribution is 5.98. The van der Waals surface area contributed by atoms with E-state index in [0.29, 0.717) is 43.4 Å². The van der Waals surface area contributed by atoms with E-state index in [2.05, 4.69) is 15.2 Å². The summed E-state index contributed by atoms with van der Waals surface area (Å²) in [4.78, 5) is 37.9. The number of rotatable bonds is 10. The number of nitrogens with zero attached hydrogens (tertiary/aromatic N) is 4. The first-order chi connectivity index (χ1) is 19.9. The fourth-order valence-electron chi connectivity index (χ4n) is 6.32. The third-order valence-electron chi connectivity index (χ3n) is 8.69. The van der Waals surface area contributed by atoms with Crippen LogP contribution in [0.25, 0.3) is 11.0 Å². The number of amidine groups is 1. The summed E-state index contributed by atoms with van der Waals surface area (Å²) in [6, 6.07) is 9.67. The van der Waals surface area contributed by atoms with E-state index < -0.39 is 5.41 Å². The Morgan fingerprint density at radius 1 is 1.09 bits per heavy atom. The van der Waals surface area contributed by atoms with E-state index in [0.717, 1.165) is 55.8 Å². The topological polar surface area (TPSA) is 139 Å². The van der Waals surface area contributed by atoms with Crippen molar-refractivity contribution in [3.05, 3.63) is 54.1 Å². The van der Waals surface area contributed by atoms with Gasteiger partial charge in [-0.2, -0.15) is 0 Å². The minimum Gasteiger partial charge on any atom is -0.466 e. The lowest BCUT2D eigenvalue weighted by Crippen LogP contribution is -2.45. The van der Waals surface area contributed by atoms with E-state index in [1.807, 2.05) is 29.7 Å². The monoisotopic (exact) mass is 631 g/mol. The van der Waals surface area contributed by atoms with Gasteiger partial charge in [0.1, 0.15) is 18.2 Å².